The van der Waals surface area contributed by atoms with Crippen molar-refractivity contribution in [1.29, 1.82) is 0 Å². The van der Waals surface area contributed by atoms with Gasteiger partial charge in [0.2, 0.25) is 0 Å². The molecule has 11 nitrogen and oxygen atoms in total. The maximum absolute atomic E-state index is 11.8. The number of aliphatic hydroxyl groups is 1. The van der Waals surface area contributed by atoms with Crippen molar-refractivity contribution in [2.75, 3.05) is 55.5 Å². The molecule has 0 spiro atoms. The number of hydrogen-bond donors (Lipinski definition) is 5. The molecule has 0 radical (unpaired) electrons. The van der Waals surface area contributed by atoms with Crippen molar-refractivity contribution in [2.45, 2.75) is 13.5 Å². The molecule has 5 N–H and O–H groups in total. The van der Waals surface area contributed by atoms with E-state index in [0.717, 1.165) is 0 Å². The van der Waals surface area contributed by atoms with E-state index in [0.29, 0.717) is 82.3 Å². The highest BCUT2D eigenvalue weighted by Gasteiger charge is 2.18. The lowest BCUT2D eigenvalue weighted by Gasteiger charge is -2.18. The fourth-order valence-corrected chi connectivity index (χ4v) is 4.35. The lowest BCUT2D eigenvalue weighted by molar-refractivity contribution is 0.0361. The summed E-state index contributed by atoms with van der Waals surface area (Å²) < 4.78 is 16.8. The average Bonchev–Trinajstić information content (AvgIpc) is 3.44. The quantitative estimate of drug-likeness (QED) is 0.0966. The Morgan fingerprint density at radius 2 is 1.71 bits per heavy atom. The summed E-state index contributed by atoms with van der Waals surface area (Å²) in [4.78, 5) is 20.9. The third-order valence-electron chi connectivity index (χ3n) is 5.87. The summed E-state index contributed by atoms with van der Waals surface area (Å²) in [6, 6.07) is 15.3. The molecule has 0 aliphatic rings. The minimum absolute atomic E-state index is 0.0363. The summed E-state index contributed by atoms with van der Waals surface area (Å²) >= 11 is 12.5. The molecule has 0 saturated heterocycles. The third-order valence-corrected chi connectivity index (χ3v) is 6.44. The number of nitrogens with zero attached hydrogens (tertiary/aromatic N) is 2. The summed E-state index contributed by atoms with van der Waals surface area (Å²) in [6.07, 6.45) is 0. The second-order valence-electron chi connectivity index (χ2n) is 8.94. The van der Waals surface area contributed by atoms with Crippen LogP contribution in [0.4, 0.5) is 23.0 Å². The molecule has 0 aliphatic heterocycles. The normalized spacial score (nSPS) is 11.0. The van der Waals surface area contributed by atoms with E-state index in [1.807, 2.05) is 12.1 Å². The Labute approximate surface area is 252 Å². The number of carboxylic acids is 1. The van der Waals surface area contributed by atoms with Crippen molar-refractivity contribution < 1.29 is 28.9 Å². The van der Waals surface area contributed by atoms with Crippen LogP contribution in [-0.4, -0.2) is 65.7 Å². The van der Waals surface area contributed by atoms with Gasteiger partial charge in [0.05, 0.1) is 55.9 Å². The standard InChI is InChI=1S/C29H31Cl2N5O6/c1-18-34-27(32-10-12-40-14-15-41-13-11-37)26(28(35-18)36-24-5-3-2-4-21(24)29(38)39)33-17-20-7-9-25(42-20)22-16-19(30)6-8-23(22)31/h2-9,16,33,37H,10-15,17H2,1H3,(H,38,39)(H2,32,34,35,36). The molecule has 13 heteroatoms. The topological polar surface area (TPSA) is 151 Å². The first-order valence-corrected chi connectivity index (χ1v) is 13.9. The highest BCUT2D eigenvalue weighted by atomic mass is 35.5. The van der Waals surface area contributed by atoms with Gasteiger partial charge in [0.1, 0.15) is 23.0 Å². The van der Waals surface area contributed by atoms with E-state index in [1.165, 1.54) is 6.07 Å². The number of furan rings is 1. The van der Waals surface area contributed by atoms with Gasteiger partial charge < -0.3 is 40.1 Å². The Morgan fingerprint density at radius 3 is 2.50 bits per heavy atom. The van der Waals surface area contributed by atoms with Gasteiger partial charge in [-0.15, -0.1) is 0 Å². The minimum atomic E-state index is -1.07. The van der Waals surface area contributed by atoms with Gasteiger partial charge in [-0.3, -0.25) is 0 Å². The predicted molar refractivity (Wildman–Crippen MR) is 162 cm³/mol. The van der Waals surface area contributed by atoms with Crippen molar-refractivity contribution >= 4 is 52.2 Å². The van der Waals surface area contributed by atoms with E-state index < -0.39 is 5.97 Å². The molecular formula is C29H31Cl2N5O6. The highest BCUT2D eigenvalue weighted by molar-refractivity contribution is 6.35. The fraction of sp³-hybridized carbons (Fsp3) is 0.276. The number of nitrogens with one attached hydrogen (secondary N) is 3. The molecule has 4 rings (SSSR count). The van der Waals surface area contributed by atoms with Crippen LogP contribution in [0.1, 0.15) is 21.9 Å². The van der Waals surface area contributed by atoms with E-state index >= 15 is 0 Å². The molecule has 0 unspecified atom stereocenters. The summed E-state index contributed by atoms with van der Waals surface area (Å²) in [6.45, 7) is 3.78. The molecule has 0 atom stereocenters. The molecule has 0 saturated carbocycles. The molecule has 0 fully saturated rings. The average molecular weight is 617 g/mol. The summed E-state index contributed by atoms with van der Waals surface area (Å²) in [5.41, 5.74) is 1.65. The van der Waals surface area contributed by atoms with Crippen molar-refractivity contribution in [3.05, 3.63) is 81.8 Å². The number of carbonyl (C=O) groups is 1. The van der Waals surface area contributed by atoms with Crippen LogP contribution in [0.2, 0.25) is 10.0 Å². The minimum Gasteiger partial charge on any atom is -0.478 e. The number of aryl methyl sites for hydroxylation is 1. The van der Waals surface area contributed by atoms with E-state index in [4.69, 9.17) is 42.2 Å². The van der Waals surface area contributed by atoms with E-state index in [9.17, 15) is 9.90 Å². The first-order valence-electron chi connectivity index (χ1n) is 13.1. The zero-order chi connectivity index (χ0) is 29.9. The number of aliphatic hydroxyl groups excluding tert-OH is 1. The van der Waals surface area contributed by atoms with Crippen molar-refractivity contribution in [3.63, 3.8) is 0 Å². The van der Waals surface area contributed by atoms with Crippen LogP contribution in [0.3, 0.4) is 0 Å². The lowest BCUT2D eigenvalue weighted by atomic mass is 10.2. The molecular weight excluding hydrogens is 585 g/mol. The fourth-order valence-electron chi connectivity index (χ4n) is 3.97. The van der Waals surface area contributed by atoms with Gasteiger partial charge in [-0.25, -0.2) is 14.8 Å². The molecule has 42 heavy (non-hydrogen) atoms. The molecule has 2 heterocycles. The van der Waals surface area contributed by atoms with Gasteiger partial charge in [-0.2, -0.15) is 0 Å². The van der Waals surface area contributed by atoms with Crippen molar-refractivity contribution in [1.82, 2.24) is 9.97 Å². The smallest absolute Gasteiger partial charge is 0.337 e. The number of para-hydroxylation sites is 1. The zero-order valence-electron chi connectivity index (χ0n) is 22.8. The van der Waals surface area contributed by atoms with Crippen LogP contribution in [0, 0.1) is 6.92 Å². The Morgan fingerprint density at radius 1 is 0.952 bits per heavy atom. The summed E-state index contributed by atoms with van der Waals surface area (Å²) in [5.74, 6) is 1.43. The van der Waals surface area contributed by atoms with Crippen LogP contribution in [0.25, 0.3) is 11.3 Å². The molecule has 0 aliphatic carbocycles. The van der Waals surface area contributed by atoms with Gasteiger partial charge in [-0.05, 0) is 49.4 Å². The lowest BCUT2D eigenvalue weighted by Crippen LogP contribution is -2.17. The summed E-state index contributed by atoms with van der Waals surface area (Å²) in [5, 5.41) is 29.2. The number of halogens is 2. The van der Waals surface area contributed by atoms with Crippen LogP contribution in [-0.2, 0) is 16.0 Å². The number of hydrogen-bond acceptors (Lipinski definition) is 10. The Hall–Kier alpha value is -3.87. The van der Waals surface area contributed by atoms with Gasteiger partial charge in [-0.1, -0.05) is 35.3 Å². The number of aromatic nitrogens is 2. The third kappa shape index (κ3) is 8.57. The number of anilines is 4. The Balaban J connectivity index is 1.55. The van der Waals surface area contributed by atoms with Crippen LogP contribution >= 0.6 is 23.2 Å². The van der Waals surface area contributed by atoms with E-state index in [2.05, 4.69) is 25.9 Å². The molecule has 2 aromatic heterocycles. The SMILES string of the molecule is Cc1nc(NCCOCCOCCO)c(NCc2ccc(-c3cc(Cl)ccc3Cl)o2)c(Nc2ccccc2C(=O)O)n1. The zero-order valence-corrected chi connectivity index (χ0v) is 24.3. The molecule has 222 valence electrons. The van der Waals surface area contributed by atoms with Gasteiger partial charge >= 0.3 is 5.97 Å². The van der Waals surface area contributed by atoms with Crippen molar-refractivity contribution in [2.24, 2.45) is 0 Å². The number of aromatic carboxylic acids is 1. The monoisotopic (exact) mass is 615 g/mol. The predicted octanol–water partition coefficient (Wildman–Crippen LogP) is 5.84. The highest BCUT2D eigenvalue weighted by Crippen LogP contribution is 2.34. The molecule has 4 aromatic rings. The molecule has 2 aromatic carbocycles. The Bertz CT molecular complexity index is 1500. The maximum Gasteiger partial charge on any atom is 0.337 e. The van der Waals surface area contributed by atoms with Crippen LogP contribution in [0.15, 0.2) is 59.0 Å². The first-order chi connectivity index (χ1) is 20.4. The molecule has 0 bridgehead atoms. The van der Waals surface area contributed by atoms with E-state index in [-0.39, 0.29) is 25.3 Å². The van der Waals surface area contributed by atoms with Gasteiger partial charge in [0.15, 0.2) is 11.6 Å². The van der Waals surface area contributed by atoms with Gasteiger partial charge in [0.25, 0.3) is 0 Å². The van der Waals surface area contributed by atoms with E-state index in [1.54, 1.807) is 43.3 Å². The first kappa shape index (κ1) is 31.1. The second kappa shape index (κ2) is 15.4. The summed E-state index contributed by atoms with van der Waals surface area (Å²) in [7, 11) is 0. The van der Waals surface area contributed by atoms with Crippen LogP contribution in [0.5, 0.6) is 0 Å². The van der Waals surface area contributed by atoms with Crippen molar-refractivity contribution in [3.8, 4) is 11.3 Å². The number of ether oxygens (including phenoxy) is 2. The number of rotatable bonds is 16. The molecule has 0 amide bonds. The Kier molecular flexibility index (Phi) is 11.4. The number of benzene rings is 2. The maximum atomic E-state index is 11.8. The number of carboxylic acid groups (broad SMARTS) is 1. The second-order valence-corrected chi connectivity index (χ2v) is 9.78. The van der Waals surface area contributed by atoms with Gasteiger partial charge in [0, 0.05) is 17.1 Å². The largest absolute Gasteiger partial charge is 0.478 e. The van der Waals surface area contributed by atoms with Crippen LogP contribution < -0.4 is 16.0 Å².